The lowest BCUT2D eigenvalue weighted by Gasteiger charge is -2.34. The Morgan fingerprint density at radius 2 is 2.20 bits per heavy atom. The van der Waals surface area contributed by atoms with Crippen LogP contribution in [0.3, 0.4) is 0 Å². The third-order valence-electron chi connectivity index (χ3n) is 3.94. The molecule has 1 aromatic heterocycles. The number of hydrogen-bond donors (Lipinski definition) is 0. The lowest BCUT2D eigenvalue weighted by molar-refractivity contribution is -0.137. The summed E-state index contributed by atoms with van der Waals surface area (Å²) in [5, 5.41) is 0. The van der Waals surface area contributed by atoms with Gasteiger partial charge in [0.25, 0.3) is 0 Å². The second kappa shape index (κ2) is 7.57. The molecule has 2 heterocycles. The number of halogens is 1. The fraction of sp³-hybridized carbons (Fsp3) is 0.667. The lowest BCUT2D eigenvalue weighted by atomic mass is 9.96. The van der Waals surface area contributed by atoms with Crippen LogP contribution < -0.4 is 0 Å². The molecule has 0 unspecified atom stereocenters. The molecule has 1 aromatic rings. The van der Waals surface area contributed by atoms with Crippen molar-refractivity contribution in [3.63, 3.8) is 0 Å². The van der Waals surface area contributed by atoms with Crippen LogP contribution in [0, 0.1) is 5.92 Å². The van der Waals surface area contributed by atoms with E-state index >= 15 is 0 Å². The monoisotopic (exact) mass is 358 g/mol. The Bertz CT molecular complexity index is 445. The maximum atomic E-state index is 12.5. The van der Waals surface area contributed by atoms with Gasteiger partial charge >= 0.3 is 0 Å². The number of piperidine rings is 1. The predicted molar refractivity (Wildman–Crippen MR) is 87.9 cm³/mol. The number of carbonyl (C=O) groups excluding carboxylic acids is 1. The van der Waals surface area contributed by atoms with E-state index in [9.17, 15) is 4.79 Å². The first kappa shape index (κ1) is 16.0. The summed E-state index contributed by atoms with van der Waals surface area (Å²) in [6.07, 6.45) is 2.17. The summed E-state index contributed by atoms with van der Waals surface area (Å²) >= 11 is 5.29. The molecule has 0 radical (unpaired) electrons. The fourth-order valence-electron chi connectivity index (χ4n) is 2.85. The summed E-state index contributed by atoms with van der Waals surface area (Å²) in [4.78, 5) is 18.2. The normalized spacial score (nSPS) is 20.1. The summed E-state index contributed by atoms with van der Waals surface area (Å²) in [5.74, 6) is 0.527. The summed E-state index contributed by atoms with van der Waals surface area (Å²) < 4.78 is 1.18. The summed E-state index contributed by atoms with van der Waals surface area (Å²) in [6.45, 7) is 8.75. The van der Waals surface area contributed by atoms with Crippen molar-refractivity contribution in [2.45, 2.75) is 33.2 Å². The van der Waals surface area contributed by atoms with Crippen LogP contribution >= 0.6 is 27.3 Å². The first-order valence-electron chi connectivity index (χ1n) is 7.39. The Labute approximate surface area is 134 Å². The highest BCUT2D eigenvalue weighted by Gasteiger charge is 2.28. The van der Waals surface area contributed by atoms with Gasteiger partial charge in [0.1, 0.15) is 0 Å². The molecule has 1 fully saturated rings. The van der Waals surface area contributed by atoms with E-state index in [1.165, 1.54) is 8.66 Å². The van der Waals surface area contributed by atoms with Crippen molar-refractivity contribution in [1.29, 1.82) is 0 Å². The standard InChI is InChI=1S/C15H23BrN2OS/c1-3-18(4-2)15(19)12-6-5-9-17(10-12)11-13-7-8-14(16)20-13/h7-8,12H,3-6,9-11H2,1-2H3/t12-/m0/s1. The van der Waals surface area contributed by atoms with Crippen molar-refractivity contribution < 1.29 is 4.79 Å². The number of carbonyl (C=O) groups is 1. The third kappa shape index (κ3) is 4.06. The van der Waals surface area contributed by atoms with E-state index in [2.05, 4.69) is 46.8 Å². The number of thiophene rings is 1. The molecule has 0 bridgehead atoms. The first-order valence-corrected chi connectivity index (χ1v) is 9.00. The fourth-order valence-corrected chi connectivity index (χ4v) is 4.38. The van der Waals surface area contributed by atoms with E-state index in [1.54, 1.807) is 11.3 Å². The molecule has 1 aliphatic heterocycles. The second-order valence-corrected chi connectivity index (χ2v) is 7.84. The maximum Gasteiger partial charge on any atom is 0.226 e. The van der Waals surface area contributed by atoms with Gasteiger partial charge in [-0.05, 0) is 61.3 Å². The highest BCUT2D eigenvalue weighted by atomic mass is 79.9. The molecule has 5 heteroatoms. The van der Waals surface area contributed by atoms with Crippen molar-refractivity contribution >= 4 is 33.2 Å². The van der Waals surface area contributed by atoms with Crippen LogP contribution in [0.4, 0.5) is 0 Å². The van der Waals surface area contributed by atoms with Gasteiger partial charge in [0.15, 0.2) is 0 Å². The maximum absolute atomic E-state index is 12.5. The molecule has 1 aliphatic rings. The molecule has 1 amide bonds. The summed E-state index contributed by atoms with van der Waals surface area (Å²) in [6, 6.07) is 4.27. The van der Waals surface area contributed by atoms with Crippen molar-refractivity contribution in [3.8, 4) is 0 Å². The molecule has 0 aliphatic carbocycles. The molecule has 1 atom stereocenters. The van der Waals surface area contributed by atoms with Crippen molar-refractivity contribution in [2.24, 2.45) is 5.92 Å². The van der Waals surface area contributed by atoms with E-state index < -0.39 is 0 Å². The zero-order valence-corrected chi connectivity index (χ0v) is 14.7. The molecule has 0 aromatic carbocycles. The van der Waals surface area contributed by atoms with Gasteiger partial charge in [-0.15, -0.1) is 11.3 Å². The minimum atomic E-state index is 0.187. The molecule has 0 spiro atoms. The SMILES string of the molecule is CCN(CC)C(=O)[C@H]1CCCN(Cc2ccc(Br)s2)C1. The molecular weight excluding hydrogens is 336 g/mol. The van der Waals surface area contributed by atoms with Crippen LogP contribution in [0.2, 0.25) is 0 Å². The van der Waals surface area contributed by atoms with E-state index in [0.717, 1.165) is 45.6 Å². The topological polar surface area (TPSA) is 23.6 Å². The van der Waals surface area contributed by atoms with Crippen molar-refractivity contribution in [2.75, 3.05) is 26.2 Å². The first-order chi connectivity index (χ1) is 9.63. The number of amides is 1. The lowest BCUT2D eigenvalue weighted by Crippen LogP contribution is -2.44. The van der Waals surface area contributed by atoms with Crippen LogP contribution in [0.25, 0.3) is 0 Å². The molecule has 1 saturated heterocycles. The number of rotatable bonds is 5. The van der Waals surface area contributed by atoms with Gasteiger partial charge in [0.05, 0.1) is 9.70 Å². The van der Waals surface area contributed by atoms with Crippen LogP contribution in [0.1, 0.15) is 31.6 Å². The third-order valence-corrected chi connectivity index (χ3v) is 5.55. The summed E-state index contributed by atoms with van der Waals surface area (Å²) in [5.41, 5.74) is 0. The smallest absolute Gasteiger partial charge is 0.226 e. The van der Waals surface area contributed by atoms with Crippen LogP contribution in [-0.2, 0) is 11.3 Å². The Hall–Kier alpha value is -0.390. The number of likely N-dealkylation sites (tertiary alicyclic amines) is 1. The van der Waals surface area contributed by atoms with Gasteiger partial charge in [0.2, 0.25) is 5.91 Å². The highest BCUT2D eigenvalue weighted by molar-refractivity contribution is 9.11. The largest absolute Gasteiger partial charge is 0.343 e. The molecule has 2 rings (SSSR count). The molecule has 3 nitrogen and oxygen atoms in total. The van der Waals surface area contributed by atoms with Gasteiger partial charge in [-0.25, -0.2) is 0 Å². The quantitative estimate of drug-likeness (QED) is 0.802. The molecular formula is C15H23BrN2OS. The minimum Gasteiger partial charge on any atom is -0.343 e. The van der Waals surface area contributed by atoms with Crippen LogP contribution in [0.15, 0.2) is 15.9 Å². The van der Waals surface area contributed by atoms with Crippen molar-refractivity contribution in [3.05, 3.63) is 20.8 Å². The Balaban J connectivity index is 1.92. The predicted octanol–water partition coefficient (Wildman–Crippen LogP) is 3.59. The van der Waals surface area contributed by atoms with E-state index in [0.29, 0.717) is 5.91 Å². The molecule has 20 heavy (non-hydrogen) atoms. The minimum absolute atomic E-state index is 0.187. The average molecular weight is 359 g/mol. The van der Waals surface area contributed by atoms with Gasteiger partial charge in [-0.3, -0.25) is 9.69 Å². The van der Waals surface area contributed by atoms with E-state index in [4.69, 9.17) is 0 Å². The Kier molecular flexibility index (Phi) is 6.05. The average Bonchev–Trinajstić information content (AvgIpc) is 2.85. The number of hydrogen-bond acceptors (Lipinski definition) is 3. The van der Waals surface area contributed by atoms with E-state index in [1.807, 2.05) is 4.90 Å². The van der Waals surface area contributed by atoms with Crippen molar-refractivity contribution in [1.82, 2.24) is 9.80 Å². The molecule has 112 valence electrons. The van der Waals surface area contributed by atoms with Crippen LogP contribution in [0.5, 0.6) is 0 Å². The zero-order chi connectivity index (χ0) is 14.5. The zero-order valence-electron chi connectivity index (χ0n) is 12.3. The number of nitrogens with zero attached hydrogens (tertiary/aromatic N) is 2. The van der Waals surface area contributed by atoms with Crippen LogP contribution in [-0.4, -0.2) is 41.9 Å². The molecule has 0 N–H and O–H groups in total. The van der Waals surface area contributed by atoms with E-state index in [-0.39, 0.29) is 5.92 Å². The second-order valence-electron chi connectivity index (χ2n) is 5.29. The van der Waals surface area contributed by atoms with Gasteiger partial charge in [-0.2, -0.15) is 0 Å². The van der Waals surface area contributed by atoms with Gasteiger partial charge in [-0.1, -0.05) is 0 Å². The highest BCUT2D eigenvalue weighted by Crippen LogP contribution is 2.26. The Morgan fingerprint density at radius 3 is 2.80 bits per heavy atom. The molecule has 0 saturated carbocycles. The van der Waals surface area contributed by atoms with Gasteiger partial charge in [0, 0.05) is 31.1 Å². The summed E-state index contributed by atoms with van der Waals surface area (Å²) in [7, 11) is 0. The Morgan fingerprint density at radius 1 is 1.45 bits per heavy atom. The van der Waals surface area contributed by atoms with Gasteiger partial charge < -0.3 is 4.90 Å².